The lowest BCUT2D eigenvalue weighted by molar-refractivity contribution is 0.578. The van der Waals surface area contributed by atoms with Gasteiger partial charge in [0.2, 0.25) is 10.0 Å². The molecule has 0 atom stereocenters. The highest BCUT2D eigenvalue weighted by molar-refractivity contribution is 7.89. The van der Waals surface area contributed by atoms with Crippen molar-refractivity contribution in [1.29, 1.82) is 0 Å². The maximum absolute atomic E-state index is 12.6. The van der Waals surface area contributed by atoms with Crippen LogP contribution in [0.1, 0.15) is 30.7 Å². The second kappa shape index (κ2) is 8.55. The predicted octanol–water partition coefficient (Wildman–Crippen LogP) is 4.21. The summed E-state index contributed by atoms with van der Waals surface area (Å²) in [6.07, 6.45) is 2.91. The largest absolute Gasteiger partial charge is 0.346 e. The Bertz CT molecular complexity index is 959. The molecule has 0 amide bonds. The predicted molar refractivity (Wildman–Crippen MR) is 109 cm³/mol. The summed E-state index contributed by atoms with van der Waals surface area (Å²) in [5, 5.41) is 0. The maximum Gasteiger partial charge on any atom is 0.240 e. The summed E-state index contributed by atoms with van der Waals surface area (Å²) >= 11 is 0. The summed E-state index contributed by atoms with van der Waals surface area (Å²) < 4.78 is 30.0. The third-order valence-electron chi connectivity index (χ3n) is 4.44. The number of sulfonamides is 1. The molecule has 4 nitrogen and oxygen atoms in total. The minimum Gasteiger partial charge on any atom is -0.346 e. The maximum atomic E-state index is 12.6. The second-order valence-electron chi connectivity index (χ2n) is 7.18. The number of nitrogens with zero attached hydrogens (tertiary/aromatic N) is 1. The van der Waals surface area contributed by atoms with Gasteiger partial charge in [0.05, 0.1) is 11.4 Å². The fourth-order valence-electron chi connectivity index (χ4n) is 3.07. The first-order chi connectivity index (χ1) is 12.9. The molecule has 0 aliphatic heterocycles. The Labute approximate surface area is 161 Å². The van der Waals surface area contributed by atoms with E-state index in [1.165, 1.54) is 5.56 Å². The fourth-order valence-corrected chi connectivity index (χ4v) is 4.07. The van der Waals surface area contributed by atoms with Gasteiger partial charge in [0.25, 0.3) is 0 Å². The number of rotatable bonds is 8. The van der Waals surface area contributed by atoms with E-state index in [-0.39, 0.29) is 6.54 Å². The Hall–Kier alpha value is -2.37. The topological polar surface area (TPSA) is 51.1 Å². The molecule has 5 heteroatoms. The highest BCUT2D eigenvalue weighted by Gasteiger charge is 2.14. The molecule has 0 radical (unpaired) electrons. The normalized spacial score (nSPS) is 11.8. The molecule has 1 heterocycles. The van der Waals surface area contributed by atoms with Gasteiger partial charge in [-0.25, -0.2) is 13.1 Å². The average Bonchev–Trinajstić information content (AvgIpc) is 3.08. The van der Waals surface area contributed by atoms with Crippen molar-refractivity contribution in [3.63, 3.8) is 0 Å². The van der Waals surface area contributed by atoms with E-state index in [0.717, 1.165) is 24.2 Å². The van der Waals surface area contributed by atoms with E-state index in [1.807, 2.05) is 48.7 Å². The lowest BCUT2D eigenvalue weighted by atomic mass is 10.0. The molecule has 0 bridgehead atoms. The molecule has 0 fully saturated rings. The van der Waals surface area contributed by atoms with Crippen LogP contribution < -0.4 is 4.72 Å². The third kappa shape index (κ3) is 5.31. The Morgan fingerprint density at radius 2 is 1.59 bits per heavy atom. The van der Waals surface area contributed by atoms with Gasteiger partial charge in [-0.05, 0) is 47.7 Å². The van der Waals surface area contributed by atoms with E-state index in [0.29, 0.717) is 10.8 Å². The van der Waals surface area contributed by atoms with Crippen LogP contribution in [0, 0.1) is 5.92 Å². The Balaban J connectivity index is 1.67. The SMILES string of the molecule is CC(C)Cc1ccc(S(=O)(=O)NCc2cccn2Cc2ccccc2)cc1. The summed E-state index contributed by atoms with van der Waals surface area (Å²) in [6.45, 7) is 5.28. The quantitative estimate of drug-likeness (QED) is 0.634. The van der Waals surface area contributed by atoms with E-state index in [2.05, 4.69) is 35.3 Å². The Morgan fingerprint density at radius 3 is 2.26 bits per heavy atom. The van der Waals surface area contributed by atoms with E-state index in [9.17, 15) is 8.42 Å². The molecular formula is C22H26N2O2S. The number of nitrogens with one attached hydrogen (secondary N) is 1. The molecule has 0 aliphatic rings. The van der Waals surface area contributed by atoms with Gasteiger partial charge in [0, 0.05) is 18.4 Å². The van der Waals surface area contributed by atoms with Crippen LogP contribution in [-0.2, 0) is 29.5 Å². The van der Waals surface area contributed by atoms with Crippen molar-refractivity contribution in [2.45, 2.75) is 38.3 Å². The van der Waals surface area contributed by atoms with E-state index in [1.54, 1.807) is 12.1 Å². The van der Waals surface area contributed by atoms with Gasteiger partial charge in [0.15, 0.2) is 0 Å². The van der Waals surface area contributed by atoms with Gasteiger partial charge >= 0.3 is 0 Å². The van der Waals surface area contributed by atoms with Crippen LogP contribution in [0.25, 0.3) is 0 Å². The molecule has 2 aromatic carbocycles. The minimum absolute atomic E-state index is 0.260. The van der Waals surface area contributed by atoms with Crippen LogP contribution in [0.3, 0.4) is 0 Å². The molecule has 0 saturated carbocycles. The first-order valence-electron chi connectivity index (χ1n) is 9.20. The van der Waals surface area contributed by atoms with Crippen LogP contribution in [-0.4, -0.2) is 13.0 Å². The second-order valence-corrected chi connectivity index (χ2v) is 8.95. The molecule has 142 valence electrons. The fraction of sp³-hybridized carbons (Fsp3) is 0.273. The molecule has 1 aromatic heterocycles. The summed E-state index contributed by atoms with van der Waals surface area (Å²) in [5.74, 6) is 0.544. The van der Waals surface area contributed by atoms with Crippen LogP contribution in [0.2, 0.25) is 0 Å². The highest BCUT2D eigenvalue weighted by Crippen LogP contribution is 2.15. The first kappa shape index (κ1) is 19.4. The van der Waals surface area contributed by atoms with Gasteiger partial charge in [-0.1, -0.05) is 56.3 Å². The van der Waals surface area contributed by atoms with Gasteiger partial charge in [-0.3, -0.25) is 0 Å². The number of hydrogen-bond donors (Lipinski definition) is 1. The lowest BCUT2D eigenvalue weighted by Gasteiger charge is -2.12. The monoisotopic (exact) mass is 382 g/mol. The molecule has 3 aromatic rings. The van der Waals surface area contributed by atoms with Crippen LogP contribution >= 0.6 is 0 Å². The third-order valence-corrected chi connectivity index (χ3v) is 5.86. The zero-order valence-electron chi connectivity index (χ0n) is 15.8. The molecule has 0 aliphatic carbocycles. The molecule has 3 rings (SSSR count). The van der Waals surface area contributed by atoms with Crippen LogP contribution in [0.4, 0.5) is 0 Å². The van der Waals surface area contributed by atoms with E-state index < -0.39 is 10.0 Å². The van der Waals surface area contributed by atoms with E-state index in [4.69, 9.17) is 0 Å². The molecule has 0 saturated heterocycles. The zero-order valence-corrected chi connectivity index (χ0v) is 16.6. The van der Waals surface area contributed by atoms with Crippen LogP contribution in [0.5, 0.6) is 0 Å². The average molecular weight is 383 g/mol. The van der Waals surface area contributed by atoms with Gasteiger partial charge in [-0.15, -0.1) is 0 Å². The molecule has 27 heavy (non-hydrogen) atoms. The number of aromatic nitrogens is 1. The van der Waals surface area contributed by atoms with Gasteiger partial charge in [0.1, 0.15) is 0 Å². The zero-order chi connectivity index (χ0) is 19.3. The summed E-state index contributed by atoms with van der Waals surface area (Å²) in [6, 6.07) is 21.2. The number of benzene rings is 2. The van der Waals surface area contributed by atoms with Crippen molar-refractivity contribution in [2.24, 2.45) is 5.92 Å². The van der Waals surface area contributed by atoms with Crippen molar-refractivity contribution >= 4 is 10.0 Å². The summed E-state index contributed by atoms with van der Waals surface area (Å²) in [7, 11) is -3.53. The van der Waals surface area contributed by atoms with E-state index >= 15 is 0 Å². The van der Waals surface area contributed by atoms with Crippen molar-refractivity contribution in [3.8, 4) is 0 Å². The standard InChI is InChI=1S/C22H26N2O2S/c1-18(2)15-19-10-12-22(13-11-19)27(25,26)23-16-21-9-6-14-24(21)17-20-7-4-3-5-8-20/h3-14,18,23H,15-17H2,1-2H3. The first-order valence-corrected chi connectivity index (χ1v) is 10.7. The highest BCUT2D eigenvalue weighted by atomic mass is 32.2. The molecular weight excluding hydrogens is 356 g/mol. The summed E-state index contributed by atoms with van der Waals surface area (Å²) in [5.41, 5.74) is 3.26. The van der Waals surface area contributed by atoms with Crippen molar-refractivity contribution in [3.05, 3.63) is 89.7 Å². The van der Waals surface area contributed by atoms with Crippen molar-refractivity contribution in [1.82, 2.24) is 9.29 Å². The Kier molecular flexibility index (Phi) is 6.14. The number of hydrogen-bond acceptors (Lipinski definition) is 2. The molecule has 0 unspecified atom stereocenters. The smallest absolute Gasteiger partial charge is 0.240 e. The van der Waals surface area contributed by atoms with Gasteiger partial charge < -0.3 is 4.57 Å². The van der Waals surface area contributed by atoms with Crippen molar-refractivity contribution in [2.75, 3.05) is 0 Å². The molecule has 0 spiro atoms. The molecule has 1 N–H and O–H groups in total. The minimum atomic E-state index is -3.53. The van der Waals surface area contributed by atoms with Crippen LogP contribution in [0.15, 0.2) is 77.8 Å². The Morgan fingerprint density at radius 1 is 0.889 bits per heavy atom. The lowest BCUT2D eigenvalue weighted by Crippen LogP contribution is -2.24. The van der Waals surface area contributed by atoms with Crippen molar-refractivity contribution < 1.29 is 8.42 Å². The summed E-state index contributed by atoms with van der Waals surface area (Å²) in [4.78, 5) is 0.302. The van der Waals surface area contributed by atoms with Gasteiger partial charge in [-0.2, -0.15) is 0 Å².